The summed E-state index contributed by atoms with van der Waals surface area (Å²) in [6.45, 7) is 7.25. The molecule has 1 aromatic rings. The Morgan fingerprint density at radius 3 is 2.33 bits per heavy atom. The molecule has 0 bridgehead atoms. The molecule has 184 valence electrons. The standard InChI is InChI=1S/C25H39N3O4S/c1-20-17-28(18-21(2)32-20)33(30,31)23-11-9-10-22(16-23)24(29)26-19-25(12-5-3-6-13-25)27-14-7-4-8-15-27/h9-11,16,20-21H,3-8,12-15,17-19H2,1-2H3,(H,26,29)/t20-,21-/m1/s1. The molecule has 2 aliphatic heterocycles. The molecule has 2 heterocycles. The number of piperidine rings is 1. The molecule has 1 aromatic carbocycles. The lowest BCUT2D eigenvalue weighted by molar-refractivity contribution is -0.0440. The zero-order valence-electron chi connectivity index (χ0n) is 20.1. The molecule has 33 heavy (non-hydrogen) atoms. The van der Waals surface area contributed by atoms with Crippen molar-refractivity contribution in [1.29, 1.82) is 0 Å². The van der Waals surface area contributed by atoms with Crippen LogP contribution in [0.15, 0.2) is 29.2 Å². The highest BCUT2D eigenvalue weighted by Gasteiger charge is 2.39. The number of likely N-dealkylation sites (tertiary alicyclic amines) is 1. The lowest BCUT2D eigenvalue weighted by atomic mass is 9.79. The number of carbonyl (C=O) groups excluding carboxylic acids is 1. The summed E-state index contributed by atoms with van der Waals surface area (Å²) in [4.78, 5) is 15.9. The molecule has 2 atom stereocenters. The van der Waals surface area contributed by atoms with Gasteiger partial charge in [0.1, 0.15) is 0 Å². The Kier molecular flexibility index (Phi) is 7.78. The molecule has 1 N–H and O–H groups in total. The number of amides is 1. The first-order valence-corrected chi connectivity index (χ1v) is 14.0. The van der Waals surface area contributed by atoms with E-state index in [1.54, 1.807) is 18.2 Å². The van der Waals surface area contributed by atoms with Gasteiger partial charge in [-0.25, -0.2) is 8.42 Å². The fourth-order valence-corrected chi connectivity index (χ4v) is 7.44. The summed E-state index contributed by atoms with van der Waals surface area (Å²) in [5.41, 5.74) is 0.438. The molecule has 7 nitrogen and oxygen atoms in total. The Bertz CT molecular complexity index is 913. The number of morpholine rings is 1. The van der Waals surface area contributed by atoms with Gasteiger partial charge < -0.3 is 10.1 Å². The van der Waals surface area contributed by atoms with Gasteiger partial charge in [-0.15, -0.1) is 0 Å². The van der Waals surface area contributed by atoms with Crippen molar-refractivity contribution in [2.24, 2.45) is 0 Å². The highest BCUT2D eigenvalue weighted by molar-refractivity contribution is 7.89. The van der Waals surface area contributed by atoms with E-state index >= 15 is 0 Å². The van der Waals surface area contributed by atoms with Crippen LogP contribution in [0, 0.1) is 0 Å². The molecule has 0 aromatic heterocycles. The Morgan fingerprint density at radius 1 is 1.03 bits per heavy atom. The van der Waals surface area contributed by atoms with Crippen LogP contribution in [0.1, 0.15) is 75.6 Å². The highest BCUT2D eigenvalue weighted by atomic mass is 32.2. The van der Waals surface area contributed by atoms with E-state index in [1.807, 2.05) is 13.8 Å². The van der Waals surface area contributed by atoms with Crippen LogP contribution in [0.3, 0.4) is 0 Å². The van der Waals surface area contributed by atoms with Crippen molar-refractivity contribution >= 4 is 15.9 Å². The van der Waals surface area contributed by atoms with Gasteiger partial charge in [0.25, 0.3) is 5.91 Å². The third-order valence-electron chi connectivity index (χ3n) is 7.51. The van der Waals surface area contributed by atoms with Crippen LogP contribution in [-0.4, -0.2) is 74.0 Å². The Balaban J connectivity index is 1.47. The number of sulfonamides is 1. The monoisotopic (exact) mass is 477 g/mol. The van der Waals surface area contributed by atoms with Crippen LogP contribution >= 0.6 is 0 Å². The number of nitrogens with one attached hydrogen (secondary N) is 1. The van der Waals surface area contributed by atoms with Crippen LogP contribution in [-0.2, 0) is 14.8 Å². The van der Waals surface area contributed by atoms with Crippen LogP contribution < -0.4 is 5.32 Å². The van der Waals surface area contributed by atoms with Crippen molar-refractivity contribution in [2.75, 3.05) is 32.7 Å². The molecule has 0 radical (unpaired) electrons. The molecule has 1 amide bonds. The molecule has 0 spiro atoms. The summed E-state index contributed by atoms with van der Waals surface area (Å²) in [6, 6.07) is 6.46. The van der Waals surface area contributed by atoms with Gasteiger partial charge >= 0.3 is 0 Å². The first-order chi connectivity index (χ1) is 15.8. The highest BCUT2D eigenvalue weighted by Crippen LogP contribution is 2.35. The van der Waals surface area contributed by atoms with E-state index in [-0.39, 0.29) is 28.5 Å². The zero-order chi connectivity index (χ0) is 23.5. The van der Waals surface area contributed by atoms with Crippen molar-refractivity contribution in [3.05, 3.63) is 29.8 Å². The van der Waals surface area contributed by atoms with E-state index in [1.165, 1.54) is 48.9 Å². The minimum atomic E-state index is -3.68. The van der Waals surface area contributed by atoms with Crippen LogP contribution in [0.25, 0.3) is 0 Å². The summed E-state index contributed by atoms with van der Waals surface area (Å²) in [5, 5.41) is 3.17. The van der Waals surface area contributed by atoms with Crippen LogP contribution in [0.4, 0.5) is 0 Å². The Hall–Kier alpha value is -1.48. The molecular formula is C25H39N3O4S. The smallest absolute Gasteiger partial charge is 0.251 e. The normalized spacial score (nSPS) is 27.2. The van der Waals surface area contributed by atoms with Gasteiger partial charge in [-0.3, -0.25) is 9.69 Å². The Labute approximate surface area is 198 Å². The molecule has 8 heteroatoms. The van der Waals surface area contributed by atoms with Gasteiger partial charge in [0.05, 0.1) is 17.1 Å². The summed E-state index contributed by atoms with van der Waals surface area (Å²) in [5.74, 6) is -0.197. The average molecular weight is 478 g/mol. The molecular weight excluding hydrogens is 438 g/mol. The minimum Gasteiger partial charge on any atom is -0.373 e. The first kappa shape index (κ1) is 24.6. The average Bonchev–Trinajstić information content (AvgIpc) is 2.83. The maximum atomic E-state index is 13.2. The second-order valence-corrected chi connectivity index (χ2v) is 12.1. The van der Waals surface area contributed by atoms with Crippen LogP contribution in [0.2, 0.25) is 0 Å². The second-order valence-electron chi connectivity index (χ2n) is 10.1. The SMILES string of the molecule is C[C@@H]1CN(S(=O)(=O)c2cccc(C(=O)NCC3(N4CCCCC4)CCCCC3)c2)C[C@@H](C)O1. The number of rotatable bonds is 6. The molecule has 0 unspecified atom stereocenters. The van der Waals surface area contributed by atoms with Gasteiger partial charge in [-0.2, -0.15) is 4.31 Å². The maximum Gasteiger partial charge on any atom is 0.251 e. The number of ether oxygens (including phenoxy) is 1. The van der Waals surface area contributed by atoms with E-state index in [4.69, 9.17) is 4.74 Å². The van der Waals surface area contributed by atoms with E-state index in [0.29, 0.717) is 25.2 Å². The lowest BCUT2D eigenvalue weighted by Gasteiger charge is -2.48. The molecule has 3 fully saturated rings. The van der Waals surface area contributed by atoms with Gasteiger partial charge in [0.15, 0.2) is 0 Å². The number of carbonyl (C=O) groups is 1. The summed E-state index contributed by atoms with van der Waals surface area (Å²) >= 11 is 0. The molecule has 1 aliphatic carbocycles. The van der Waals surface area contributed by atoms with Gasteiger partial charge in [0.2, 0.25) is 10.0 Å². The van der Waals surface area contributed by atoms with E-state index in [2.05, 4.69) is 10.2 Å². The number of nitrogens with zero attached hydrogens (tertiary/aromatic N) is 2. The molecule has 4 rings (SSSR count). The number of hydrogen-bond acceptors (Lipinski definition) is 5. The third-order valence-corrected chi connectivity index (χ3v) is 9.34. The lowest BCUT2D eigenvalue weighted by Crippen LogP contribution is -2.58. The quantitative estimate of drug-likeness (QED) is 0.679. The topological polar surface area (TPSA) is 79.0 Å². The van der Waals surface area contributed by atoms with Crippen molar-refractivity contribution in [3.63, 3.8) is 0 Å². The number of hydrogen-bond donors (Lipinski definition) is 1. The minimum absolute atomic E-state index is 0.0398. The molecule has 1 saturated carbocycles. The fraction of sp³-hybridized carbons (Fsp3) is 0.720. The van der Waals surface area contributed by atoms with Crippen molar-refractivity contribution in [3.8, 4) is 0 Å². The summed E-state index contributed by atoms with van der Waals surface area (Å²) < 4.78 is 33.6. The zero-order valence-corrected chi connectivity index (χ0v) is 20.9. The number of benzene rings is 1. The van der Waals surface area contributed by atoms with Crippen molar-refractivity contribution in [2.45, 2.75) is 87.9 Å². The first-order valence-electron chi connectivity index (χ1n) is 12.6. The Morgan fingerprint density at radius 2 is 1.67 bits per heavy atom. The predicted molar refractivity (Wildman–Crippen MR) is 129 cm³/mol. The maximum absolute atomic E-state index is 13.2. The van der Waals surface area contributed by atoms with Crippen molar-refractivity contribution in [1.82, 2.24) is 14.5 Å². The van der Waals surface area contributed by atoms with Crippen molar-refractivity contribution < 1.29 is 17.9 Å². The molecule has 3 aliphatic rings. The summed E-state index contributed by atoms with van der Waals surface area (Å²) in [6.07, 6.45) is 9.36. The fourth-order valence-electron chi connectivity index (χ4n) is 5.80. The van der Waals surface area contributed by atoms with Gasteiger partial charge in [0, 0.05) is 30.7 Å². The summed E-state index contributed by atoms with van der Waals surface area (Å²) in [7, 11) is -3.68. The second kappa shape index (κ2) is 10.4. The van der Waals surface area contributed by atoms with Gasteiger partial charge in [-0.1, -0.05) is 31.7 Å². The van der Waals surface area contributed by atoms with Gasteiger partial charge in [-0.05, 0) is 70.8 Å². The van der Waals surface area contributed by atoms with Crippen LogP contribution in [0.5, 0.6) is 0 Å². The molecule has 2 saturated heterocycles. The predicted octanol–water partition coefficient (Wildman–Crippen LogP) is 3.40. The van der Waals surface area contributed by atoms with E-state index < -0.39 is 10.0 Å². The van der Waals surface area contributed by atoms with E-state index in [0.717, 1.165) is 25.9 Å². The largest absolute Gasteiger partial charge is 0.373 e. The van der Waals surface area contributed by atoms with E-state index in [9.17, 15) is 13.2 Å². The third kappa shape index (κ3) is 5.61.